The maximum Gasteiger partial charge on any atom is 0.282 e. The third-order valence-electron chi connectivity index (χ3n) is 4.98. The Morgan fingerprint density at radius 2 is 1.59 bits per heavy atom. The van der Waals surface area contributed by atoms with Crippen molar-refractivity contribution in [2.45, 2.75) is 6.92 Å². The molecule has 3 aromatic carbocycles. The van der Waals surface area contributed by atoms with Crippen LogP contribution in [-0.4, -0.2) is 25.5 Å². The Morgan fingerprint density at radius 1 is 0.906 bits per heavy atom. The minimum Gasteiger partial charge on any atom is -0.496 e. The van der Waals surface area contributed by atoms with Crippen molar-refractivity contribution in [3.8, 4) is 11.5 Å². The van der Waals surface area contributed by atoms with Gasteiger partial charge in [-0.25, -0.2) is 4.90 Å². The van der Waals surface area contributed by atoms with Gasteiger partial charge in [-0.1, -0.05) is 29.8 Å². The first-order chi connectivity index (χ1) is 15.5. The number of hydrogen-bond donors (Lipinski definition) is 1. The largest absolute Gasteiger partial charge is 0.496 e. The monoisotopic (exact) mass is 448 g/mol. The van der Waals surface area contributed by atoms with Gasteiger partial charge in [0.15, 0.2) is 0 Å². The summed E-state index contributed by atoms with van der Waals surface area (Å²) in [7, 11) is 1.52. The number of carbonyl (C=O) groups is 2. The Balaban J connectivity index is 1.80. The fraction of sp³-hybridized carbons (Fsp3) is 0.120. The summed E-state index contributed by atoms with van der Waals surface area (Å²) in [5.74, 6) is 0.295. The minimum atomic E-state index is -0.466. The highest BCUT2D eigenvalue weighted by Gasteiger charge is 2.41. The van der Waals surface area contributed by atoms with Gasteiger partial charge in [0.25, 0.3) is 11.8 Å². The number of nitrogens with zero attached hydrogens (tertiary/aromatic N) is 1. The molecule has 7 heteroatoms. The maximum atomic E-state index is 13.5. The van der Waals surface area contributed by atoms with Crippen molar-refractivity contribution < 1.29 is 19.1 Å². The van der Waals surface area contributed by atoms with Crippen LogP contribution in [0.1, 0.15) is 12.5 Å². The predicted molar refractivity (Wildman–Crippen MR) is 125 cm³/mol. The van der Waals surface area contributed by atoms with E-state index >= 15 is 0 Å². The van der Waals surface area contributed by atoms with Crippen LogP contribution in [-0.2, 0) is 9.59 Å². The Hall–Kier alpha value is -3.77. The molecule has 0 aliphatic carbocycles. The number of para-hydroxylation sites is 1. The number of carbonyl (C=O) groups excluding carboxylic acids is 2. The van der Waals surface area contributed by atoms with Crippen LogP contribution in [0.15, 0.2) is 78.5 Å². The van der Waals surface area contributed by atoms with Crippen LogP contribution in [0.25, 0.3) is 5.57 Å². The number of benzene rings is 3. The molecule has 0 saturated carbocycles. The smallest absolute Gasteiger partial charge is 0.282 e. The first-order valence-electron chi connectivity index (χ1n) is 10.1. The summed E-state index contributed by atoms with van der Waals surface area (Å²) >= 11 is 5.99. The topological polar surface area (TPSA) is 67.9 Å². The molecule has 32 heavy (non-hydrogen) atoms. The van der Waals surface area contributed by atoms with Gasteiger partial charge in [0.05, 0.1) is 25.0 Å². The average Bonchev–Trinajstić information content (AvgIpc) is 3.05. The number of hydrogen-bond acceptors (Lipinski definition) is 5. The van der Waals surface area contributed by atoms with Crippen molar-refractivity contribution in [2.24, 2.45) is 0 Å². The van der Waals surface area contributed by atoms with Crippen molar-refractivity contribution in [1.82, 2.24) is 0 Å². The van der Waals surface area contributed by atoms with Gasteiger partial charge in [-0.05, 0) is 61.5 Å². The summed E-state index contributed by atoms with van der Waals surface area (Å²) in [6.07, 6.45) is 0. The number of ether oxygens (including phenoxy) is 2. The molecule has 4 rings (SSSR count). The molecule has 0 radical (unpaired) electrons. The standard InChI is InChI=1S/C25H21ClN2O4/c1-3-32-19-14-10-17(11-15-19)27-23-22(20-6-4-5-7-21(20)31-2)24(29)28(25(23)30)18-12-8-16(26)9-13-18/h4-15,27H,3H2,1-2H3. The molecule has 1 aliphatic heterocycles. The first kappa shape index (κ1) is 21.5. The Labute approximate surface area is 191 Å². The molecule has 1 N–H and O–H groups in total. The van der Waals surface area contributed by atoms with E-state index in [-0.39, 0.29) is 11.3 Å². The van der Waals surface area contributed by atoms with Crippen molar-refractivity contribution >= 4 is 40.4 Å². The van der Waals surface area contributed by atoms with Gasteiger partial charge in [-0.3, -0.25) is 9.59 Å². The Morgan fingerprint density at radius 3 is 2.25 bits per heavy atom. The molecule has 0 spiro atoms. The van der Waals surface area contributed by atoms with E-state index in [1.807, 2.05) is 6.92 Å². The van der Waals surface area contributed by atoms with Gasteiger partial charge >= 0.3 is 0 Å². The molecule has 162 valence electrons. The molecule has 1 aliphatic rings. The van der Waals surface area contributed by atoms with Crippen LogP contribution < -0.4 is 19.7 Å². The molecular weight excluding hydrogens is 428 g/mol. The zero-order chi connectivity index (χ0) is 22.7. The second-order valence-corrected chi connectivity index (χ2v) is 7.39. The molecule has 0 aromatic heterocycles. The molecule has 2 amide bonds. The summed E-state index contributed by atoms with van der Waals surface area (Å²) in [6, 6.07) is 20.8. The molecule has 1 heterocycles. The average molecular weight is 449 g/mol. The highest BCUT2D eigenvalue weighted by Crippen LogP contribution is 2.37. The van der Waals surface area contributed by atoms with E-state index in [9.17, 15) is 9.59 Å². The van der Waals surface area contributed by atoms with Crippen LogP contribution in [0.3, 0.4) is 0 Å². The molecular formula is C25H21ClN2O4. The lowest BCUT2D eigenvalue weighted by Gasteiger charge is -2.15. The molecule has 0 unspecified atom stereocenters. The number of anilines is 2. The van der Waals surface area contributed by atoms with E-state index in [2.05, 4.69) is 5.32 Å². The second kappa shape index (κ2) is 9.16. The number of amides is 2. The lowest BCUT2D eigenvalue weighted by Crippen LogP contribution is -2.32. The summed E-state index contributed by atoms with van der Waals surface area (Å²) < 4.78 is 10.9. The fourth-order valence-electron chi connectivity index (χ4n) is 3.52. The van der Waals surface area contributed by atoms with Crippen LogP contribution >= 0.6 is 11.6 Å². The zero-order valence-corrected chi connectivity index (χ0v) is 18.3. The van der Waals surface area contributed by atoms with Crippen LogP contribution in [0.5, 0.6) is 11.5 Å². The van der Waals surface area contributed by atoms with Crippen molar-refractivity contribution in [2.75, 3.05) is 23.9 Å². The zero-order valence-electron chi connectivity index (χ0n) is 17.6. The molecule has 0 fully saturated rings. The maximum absolute atomic E-state index is 13.5. The van der Waals surface area contributed by atoms with Crippen molar-refractivity contribution in [1.29, 1.82) is 0 Å². The number of methoxy groups -OCH3 is 1. The van der Waals surface area contributed by atoms with Crippen LogP contribution in [0.2, 0.25) is 5.02 Å². The van der Waals surface area contributed by atoms with Gasteiger partial charge in [-0.2, -0.15) is 0 Å². The Bertz CT molecular complexity index is 1190. The third kappa shape index (κ3) is 4.05. The minimum absolute atomic E-state index is 0.165. The molecule has 0 saturated heterocycles. The van der Waals surface area contributed by atoms with E-state index in [0.29, 0.717) is 40.1 Å². The highest BCUT2D eigenvalue weighted by molar-refractivity contribution is 6.46. The van der Waals surface area contributed by atoms with Gasteiger partial charge < -0.3 is 14.8 Å². The third-order valence-corrected chi connectivity index (χ3v) is 5.23. The molecule has 0 bridgehead atoms. The van der Waals surface area contributed by atoms with E-state index in [1.165, 1.54) is 7.11 Å². The fourth-order valence-corrected chi connectivity index (χ4v) is 3.64. The predicted octanol–water partition coefficient (Wildman–Crippen LogP) is 5.14. The lowest BCUT2D eigenvalue weighted by atomic mass is 10.0. The van der Waals surface area contributed by atoms with Gasteiger partial charge in [0, 0.05) is 16.3 Å². The SMILES string of the molecule is CCOc1ccc(NC2=C(c3ccccc3OC)C(=O)N(c3ccc(Cl)cc3)C2=O)cc1. The van der Waals surface area contributed by atoms with E-state index in [0.717, 1.165) is 4.90 Å². The summed E-state index contributed by atoms with van der Waals surface area (Å²) in [5, 5.41) is 3.64. The second-order valence-electron chi connectivity index (χ2n) is 6.95. The number of nitrogens with one attached hydrogen (secondary N) is 1. The number of halogens is 1. The Kier molecular flexibility index (Phi) is 6.14. The number of imide groups is 1. The van der Waals surface area contributed by atoms with Crippen molar-refractivity contribution in [3.63, 3.8) is 0 Å². The van der Waals surface area contributed by atoms with Gasteiger partial charge in [-0.15, -0.1) is 0 Å². The normalized spacial score (nSPS) is 13.5. The van der Waals surface area contributed by atoms with E-state index < -0.39 is 11.8 Å². The van der Waals surface area contributed by atoms with E-state index in [4.69, 9.17) is 21.1 Å². The molecule has 0 atom stereocenters. The summed E-state index contributed by atoms with van der Waals surface area (Å²) in [4.78, 5) is 28.1. The molecule has 6 nitrogen and oxygen atoms in total. The van der Waals surface area contributed by atoms with Crippen LogP contribution in [0.4, 0.5) is 11.4 Å². The summed E-state index contributed by atoms with van der Waals surface area (Å²) in [5.41, 5.74) is 2.00. The molecule has 3 aromatic rings. The van der Waals surface area contributed by atoms with E-state index in [1.54, 1.807) is 72.8 Å². The number of rotatable bonds is 7. The van der Waals surface area contributed by atoms with Gasteiger partial charge in [0.1, 0.15) is 17.2 Å². The quantitative estimate of drug-likeness (QED) is 0.506. The lowest BCUT2D eigenvalue weighted by molar-refractivity contribution is -0.120. The van der Waals surface area contributed by atoms with Gasteiger partial charge in [0.2, 0.25) is 0 Å². The highest BCUT2D eigenvalue weighted by atomic mass is 35.5. The first-order valence-corrected chi connectivity index (χ1v) is 10.4. The van der Waals surface area contributed by atoms with Crippen molar-refractivity contribution in [3.05, 3.63) is 89.1 Å². The summed E-state index contributed by atoms with van der Waals surface area (Å²) in [6.45, 7) is 2.46. The van der Waals surface area contributed by atoms with Crippen LogP contribution in [0, 0.1) is 0 Å².